The highest BCUT2D eigenvalue weighted by atomic mass is 16.5. The lowest BCUT2D eigenvalue weighted by Gasteiger charge is -2.19. The molecule has 1 unspecified atom stereocenters. The third kappa shape index (κ3) is 3.41. The smallest absolute Gasteiger partial charge is 0.205 e. The van der Waals surface area contributed by atoms with E-state index in [0.29, 0.717) is 11.3 Å². The number of benzene rings is 2. The SMILES string of the molecule is C=C(C)c1c(O)c(OC(C)CCc2ccccc2)c2occc2c1C. The molecule has 3 rings (SSSR count). The van der Waals surface area contributed by atoms with Crippen LogP contribution in [0.2, 0.25) is 0 Å². The van der Waals surface area contributed by atoms with E-state index >= 15 is 0 Å². The molecule has 0 aliphatic carbocycles. The van der Waals surface area contributed by atoms with E-state index in [4.69, 9.17) is 9.15 Å². The van der Waals surface area contributed by atoms with Crippen molar-refractivity contribution in [2.45, 2.75) is 39.7 Å². The summed E-state index contributed by atoms with van der Waals surface area (Å²) in [5.41, 5.74) is 4.36. The maximum Gasteiger partial charge on any atom is 0.205 e. The van der Waals surface area contributed by atoms with E-state index in [1.165, 1.54) is 5.56 Å². The van der Waals surface area contributed by atoms with Gasteiger partial charge in [0.15, 0.2) is 11.3 Å². The van der Waals surface area contributed by atoms with Gasteiger partial charge >= 0.3 is 0 Å². The molecule has 0 amide bonds. The fraction of sp³-hybridized carbons (Fsp3) is 0.273. The minimum atomic E-state index is -0.0555. The zero-order chi connectivity index (χ0) is 18.0. The summed E-state index contributed by atoms with van der Waals surface area (Å²) in [6, 6.07) is 12.2. The third-order valence-corrected chi connectivity index (χ3v) is 4.53. The summed E-state index contributed by atoms with van der Waals surface area (Å²) in [5, 5.41) is 11.7. The van der Waals surface area contributed by atoms with Crippen molar-refractivity contribution in [1.82, 2.24) is 0 Å². The van der Waals surface area contributed by atoms with Crippen molar-refractivity contribution in [1.29, 1.82) is 0 Å². The molecule has 130 valence electrons. The number of hydrogen-bond donors (Lipinski definition) is 1. The molecule has 3 aromatic rings. The molecule has 1 N–H and O–H groups in total. The number of furan rings is 1. The number of phenolic OH excluding ortho intramolecular Hbond substituents is 1. The molecule has 25 heavy (non-hydrogen) atoms. The lowest BCUT2D eigenvalue weighted by Crippen LogP contribution is -2.13. The van der Waals surface area contributed by atoms with Gasteiger partial charge in [-0.3, -0.25) is 0 Å². The average molecular weight is 336 g/mol. The number of rotatable bonds is 6. The maximum atomic E-state index is 10.7. The van der Waals surface area contributed by atoms with Gasteiger partial charge in [-0.2, -0.15) is 0 Å². The molecule has 3 heteroatoms. The third-order valence-electron chi connectivity index (χ3n) is 4.53. The quantitative estimate of drug-likeness (QED) is 0.611. The number of ether oxygens (including phenoxy) is 1. The van der Waals surface area contributed by atoms with Crippen LogP contribution in [0.3, 0.4) is 0 Å². The first-order valence-corrected chi connectivity index (χ1v) is 8.58. The Morgan fingerprint density at radius 3 is 2.64 bits per heavy atom. The van der Waals surface area contributed by atoms with Crippen LogP contribution in [-0.4, -0.2) is 11.2 Å². The number of aryl methyl sites for hydroxylation is 2. The molecule has 1 aromatic heterocycles. The summed E-state index contributed by atoms with van der Waals surface area (Å²) in [7, 11) is 0. The fourth-order valence-electron chi connectivity index (χ4n) is 3.22. The predicted molar refractivity (Wildman–Crippen MR) is 102 cm³/mol. The zero-order valence-corrected chi connectivity index (χ0v) is 15.0. The molecule has 1 heterocycles. The molecule has 0 spiro atoms. The Balaban J connectivity index is 1.87. The Bertz CT molecular complexity index is 891. The molecule has 2 aromatic carbocycles. The van der Waals surface area contributed by atoms with Crippen molar-refractivity contribution in [3.05, 3.63) is 65.9 Å². The molecule has 0 aliphatic rings. The molecular formula is C22H24O3. The highest BCUT2D eigenvalue weighted by Crippen LogP contribution is 2.44. The van der Waals surface area contributed by atoms with E-state index < -0.39 is 0 Å². The van der Waals surface area contributed by atoms with Crippen LogP contribution in [0.1, 0.15) is 37.0 Å². The van der Waals surface area contributed by atoms with Gasteiger partial charge in [-0.1, -0.05) is 36.9 Å². The van der Waals surface area contributed by atoms with Gasteiger partial charge in [-0.05, 0) is 56.4 Å². The van der Waals surface area contributed by atoms with Crippen molar-refractivity contribution < 1.29 is 14.3 Å². The predicted octanol–water partition coefficient (Wildman–Crippen LogP) is 5.88. The lowest BCUT2D eigenvalue weighted by atomic mass is 9.97. The highest BCUT2D eigenvalue weighted by molar-refractivity contribution is 5.94. The number of hydrogen-bond acceptors (Lipinski definition) is 3. The summed E-state index contributed by atoms with van der Waals surface area (Å²) >= 11 is 0. The van der Waals surface area contributed by atoms with Crippen LogP contribution >= 0.6 is 0 Å². The monoisotopic (exact) mass is 336 g/mol. The Labute approximate surface area is 148 Å². The van der Waals surface area contributed by atoms with Crippen molar-refractivity contribution in [2.75, 3.05) is 0 Å². The van der Waals surface area contributed by atoms with Crippen molar-refractivity contribution >= 4 is 16.5 Å². The molecule has 0 saturated carbocycles. The van der Waals surface area contributed by atoms with Crippen molar-refractivity contribution in [3.63, 3.8) is 0 Å². The normalized spacial score (nSPS) is 12.3. The molecule has 0 fully saturated rings. The fourth-order valence-corrected chi connectivity index (χ4v) is 3.22. The largest absolute Gasteiger partial charge is 0.504 e. The van der Waals surface area contributed by atoms with E-state index in [1.54, 1.807) is 6.26 Å². The van der Waals surface area contributed by atoms with Crippen molar-refractivity contribution in [2.24, 2.45) is 0 Å². The highest BCUT2D eigenvalue weighted by Gasteiger charge is 2.22. The second-order valence-electron chi connectivity index (χ2n) is 6.57. The van der Waals surface area contributed by atoms with Crippen molar-refractivity contribution in [3.8, 4) is 11.5 Å². The van der Waals surface area contributed by atoms with Gasteiger partial charge in [0.05, 0.1) is 12.4 Å². The van der Waals surface area contributed by atoms with Crippen LogP contribution in [0.25, 0.3) is 16.5 Å². The first kappa shape index (κ1) is 17.2. The minimum absolute atomic E-state index is 0.0555. The summed E-state index contributed by atoms with van der Waals surface area (Å²) in [4.78, 5) is 0. The topological polar surface area (TPSA) is 42.6 Å². The number of aromatic hydroxyl groups is 1. The van der Waals surface area contributed by atoms with E-state index in [2.05, 4.69) is 18.7 Å². The first-order chi connectivity index (χ1) is 12.0. The standard InChI is InChI=1S/C22H24O3/c1-14(2)19-16(4)18-12-13-24-21(18)22(20(19)23)25-15(3)10-11-17-8-6-5-7-9-17/h5-9,12-13,15,23H,1,10-11H2,2-4H3. The molecule has 0 radical (unpaired) electrons. The maximum absolute atomic E-state index is 10.7. The zero-order valence-electron chi connectivity index (χ0n) is 15.0. The molecule has 1 atom stereocenters. The second-order valence-corrected chi connectivity index (χ2v) is 6.57. The van der Waals surface area contributed by atoms with Crippen LogP contribution in [0.15, 0.2) is 53.7 Å². The Morgan fingerprint density at radius 1 is 1.24 bits per heavy atom. The van der Waals surface area contributed by atoms with Gasteiger partial charge in [0.1, 0.15) is 0 Å². The van der Waals surface area contributed by atoms with Crippen LogP contribution < -0.4 is 4.74 Å². The van der Waals surface area contributed by atoms with Gasteiger partial charge in [-0.15, -0.1) is 0 Å². The van der Waals surface area contributed by atoms with Crippen LogP contribution in [0.5, 0.6) is 11.5 Å². The summed E-state index contributed by atoms with van der Waals surface area (Å²) in [5.74, 6) is 0.517. The van der Waals surface area contributed by atoms with Gasteiger partial charge in [0.25, 0.3) is 0 Å². The molecule has 0 saturated heterocycles. The summed E-state index contributed by atoms with van der Waals surface area (Å²) < 4.78 is 11.7. The van der Waals surface area contributed by atoms with E-state index in [1.807, 2.05) is 45.0 Å². The average Bonchev–Trinajstić information content (AvgIpc) is 3.07. The van der Waals surface area contributed by atoms with Crippen LogP contribution in [0, 0.1) is 6.92 Å². The Hall–Kier alpha value is -2.68. The van der Waals surface area contributed by atoms with E-state index in [-0.39, 0.29) is 11.9 Å². The molecule has 3 nitrogen and oxygen atoms in total. The summed E-state index contributed by atoms with van der Waals surface area (Å²) in [6.07, 6.45) is 3.34. The molecular weight excluding hydrogens is 312 g/mol. The van der Waals surface area contributed by atoms with Gasteiger partial charge in [-0.25, -0.2) is 0 Å². The molecule has 0 bridgehead atoms. The minimum Gasteiger partial charge on any atom is -0.504 e. The Morgan fingerprint density at radius 2 is 1.96 bits per heavy atom. The number of fused-ring (bicyclic) bond motifs is 1. The number of phenols is 1. The Kier molecular flexibility index (Phi) is 4.84. The van der Waals surface area contributed by atoms with Gasteiger partial charge < -0.3 is 14.3 Å². The summed E-state index contributed by atoms with van der Waals surface area (Å²) in [6.45, 7) is 9.85. The second kappa shape index (κ2) is 7.06. The first-order valence-electron chi connectivity index (χ1n) is 8.58. The molecule has 0 aliphatic heterocycles. The van der Waals surface area contributed by atoms with Crippen LogP contribution in [0.4, 0.5) is 0 Å². The lowest BCUT2D eigenvalue weighted by molar-refractivity contribution is 0.203. The van der Waals surface area contributed by atoms with E-state index in [9.17, 15) is 5.11 Å². The van der Waals surface area contributed by atoms with E-state index in [0.717, 1.165) is 34.9 Å². The van der Waals surface area contributed by atoms with Gasteiger partial charge in [0.2, 0.25) is 5.75 Å². The van der Waals surface area contributed by atoms with Crippen LogP contribution in [-0.2, 0) is 6.42 Å². The number of allylic oxidation sites excluding steroid dienone is 1. The van der Waals surface area contributed by atoms with Gasteiger partial charge in [0, 0.05) is 10.9 Å².